The van der Waals surface area contributed by atoms with Gasteiger partial charge in [0, 0.05) is 32.5 Å². The summed E-state index contributed by atoms with van der Waals surface area (Å²) < 4.78 is 43.6. The molecule has 1 fully saturated rings. The molecule has 12 heteroatoms. The molecule has 1 atom stereocenters. The fourth-order valence-electron chi connectivity index (χ4n) is 4.45. The zero-order valence-corrected chi connectivity index (χ0v) is 17.8. The Morgan fingerprint density at radius 2 is 2.06 bits per heavy atom. The lowest BCUT2D eigenvalue weighted by atomic mass is 9.89. The van der Waals surface area contributed by atoms with Crippen LogP contribution in [0.4, 0.5) is 30.6 Å². The number of halogens is 3. The van der Waals surface area contributed by atoms with Crippen molar-refractivity contribution >= 4 is 23.4 Å². The fraction of sp³-hybridized carbons (Fsp3) is 0.524. The highest BCUT2D eigenvalue weighted by molar-refractivity contribution is 6.05. The number of likely N-dealkylation sites (N-methyl/N-ethyl adjacent to an activating group) is 1. The molecule has 2 aromatic rings. The molecule has 0 spiro atoms. The number of aromatic nitrogens is 3. The molecule has 4 heterocycles. The number of aryl methyl sites for hydroxylation is 1. The highest BCUT2D eigenvalue weighted by Crippen LogP contribution is 2.40. The van der Waals surface area contributed by atoms with Crippen LogP contribution < -0.4 is 19.9 Å². The van der Waals surface area contributed by atoms with Gasteiger partial charge in [-0.05, 0) is 25.0 Å². The number of carbonyl (C=O) groups excluding carboxylic acids is 1. The van der Waals surface area contributed by atoms with Gasteiger partial charge in [-0.15, -0.1) is 0 Å². The maximum Gasteiger partial charge on any atom is 0.433 e. The van der Waals surface area contributed by atoms with Gasteiger partial charge in [0.05, 0.1) is 18.5 Å². The van der Waals surface area contributed by atoms with Gasteiger partial charge in [-0.3, -0.25) is 4.79 Å². The van der Waals surface area contributed by atoms with Crippen LogP contribution in [0.1, 0.15) is 30.7 Å². The van der Waals surface area contributed by atoms with Crippen molar-refractivity contribution in [2.24, 2.45) is 0 Å². The van der Waals surface area contributed by atoms with Crippen molar-refractivity contribution in [2.75, 3.05) is 35.3 Å². The van der Waals surface area contributed by atoms with E-state index in [1.807, 2.05) is 0 Å². The van der Waals surface area contributed by atoms with Crippen LogP contribution in [0.15, 0.2) is 18.3 Å². The first-order valence-electron chi connectivity index (χ1n) is 10.8. The molecule has 9 nitrogen and oxygen atoms in total. The van der Waals surface area contributed by atoms with Crippen LogP contribution in [0.3, 0.4) is 0 Å². The van der Waals surface area contributed by atoms with Gasteiger partial charge in [0.25, 0.3) is 5.91 Å². The van der Waals surface area contributed by atoms with Gasteiger partial charge in [-0.2, -0.15) is 18.2 Å². The van der Waals surface area contributed by atoms with Gasteiger partial charge in [0.15, 0.2) is 5.82 Å². The van der Waals surface area contributed by atoms with Crippen LogP contribution in [0.5, 0.6) is 5.75 Å². The van der Waals surface area contributed by atoms with Crippen molar-refractivity contribution < 1.29 is 27.8 Å². The second-order valence-electron chi connectivity index (χ2n) is 8.50. The van der Waals surface area contributed by atoms with Crippen LogP contribution in [-0.2, 0) is 17.4 Å². The van der Waals surface area contributed by atoms with Crippen molar-refractivity contribution in [3.63, 3.8) is 0 Å². The van der Waals surface area contributed by atoms with Crippen molar-refractivity contribution in [1.82, 2.24) is 15.0 Å². The third kappa shape index (κ3) is 3.92. The van der Waals surface area contributed by atoms with Gasteiger partial charge >= 0.3 is 6.18 Å². The van der Waals surface area contributed by atoms with E-state index in [1.54, 1.807) is 16.8 Å². The molecule has 176 valence electrons. The summed E-state index contributed by atoms with van der Waals surface area (Å²) in [6.07, 6.45) is -0.746. The molecule has 3 aliphatic rings. The van der Waals surface area contributed by atoms with Crippen molar-refractivity contribution in [3.8, 4) is 5.75 Å². The number of hydrogen-bond donors (Lipinski definition) is 2. The molecule has 1 saturated carbocycles. The lowest BCUT2D eigenvalue weighted by Gasteiger charge is -2.42. The third-order valence-electron chi connectivity index (χ3n) is 6.29. The lowest BCUT2D eigenvalue weighted by molar-refractivity contribution is -0.141. The van der Waals surface area contributed by atoms with E-state index in [1.165, 1.54) is 6.07 Å². The first-order valence-corrected chi connectivity index (χ1v) is 10.8. The first kappa shape index (κ1) is 21.7. The first-order chi connectivity index (χ1) is 15.7. The number of aliphatic hydroxyl groups is 1. The van der Waals surface area contributed by atoms with E-state index >= 15 is 0 Å². The Morgan fingerprint density at radius 3 is 2.73 bits per heavy atom. The number of anilines is 3. The van der Waals surface area contributed by atoms with Crippen LogP contribution in [0.2, 0.25) is 0 Å². The largest absolute Gasteiger partial charge is 0.489 e. The summed E-state index contributed by atoms with van der Waals surface area (Å²) in [6.45, 7) is 0.285. The van der Waals surface area contributed by atoms with E-state index in [0.717, 1.165) is 30.8 Å². The van der Waals surface area contributed by atoms with Gasteiger partial charge in [-0.25, -0.2) is 9.97 Å². The molecule has 1 aliphatic carbocycles. The second kappa shape index (κ2) is 8.01. The number of carbonyl (C=O) groups is 1. The highest BCUT2D eigenvalue weighted by Gasteiger charge is 2.41. The number of nitrogens with one attached hydrogen (secondary N) is 1. The predicted octanol–water partition coefficient (Wildman–Crippen LogP) is 2.00. The second-order valence-corrected chi connectivity index (χ2v) is 8.50. The average molecular weight is 464 g/mol. The molecule has 33 heavy (non-hydrogen) atoms. The molecular weight excluding hydrogens is 441 g/mol. The standard InChI is InChI=1S/C21H23F3N6O3/c1-29-15(10-31)19(32)30-6-2-3-14-17(30)18(29)28-20(27-14)26-11-7-13(8-11)33-12-4-5-16(25-9-12)21(22,23)24/h4-5,9,11,13,15,31H,2-3,6-8,10H2,1H3,(H,26,27,28)/t11?,13?,15-/m0/s1. The summed E-state index contributed by atoms with van der Waals surface area (Å²) in [6, 6.07) is 1.55. The molecule has 0 aromatic carbocycles. The molecule has 2 N–H and O–H groups in total. The summed E-state index contributed by atoms with van der Waals surface area (Å²) in [5.41, 5.74) is 0.562. The molecule has 0 bridgehead atoms. The van der Waals surface area contributed by atoms with Gasteiger partial charge < -0.3 is 25.0 Å². The normalized spacial score (nSPS) is 24.3. The molecule has 2 aromatic heterocycles. The third-order valence-corrected chi connectivity index (χ3v) is 6.29. The number of aliphatic hydroxyl groups excluding tert-OH is 1. The Balaban J connectivity index is 1.25. The Morgan fingerprint density at radius 1 is 1.27 bits per heavy atom. The Kier molecular flexibility index (Phi) is 5.26. The maximum atomic E-state index is 12.7. The zero-order valence-electron chi connectivity index (χ0n) is 17.8. The number of hydrogen-bond acceptors (Lipinski definition) is 8. The Hall–Kier alpha value is -3.15. The van der Waals surface area contributed by atoms with E-state index in [0.29, 0.717) is 42.6 Å². The smallest absolute Gasteiger partial charge is 0.433 e. The highest BCUT2D eigenvalue weighted by atomic mass is 19.4. The van der Waals surface area contributed by atoms with Crippen LogP contribution in [0.25, 0.3) is 0 Å². The van der Waals surface area contributed by atoms with Gasteiger partial charge in [-0.1, -0.05) is 0 Å². The van der Waals surface area contributed by atoms with E-state index in [4.69, 9.17) is 4.74 Å². The fourth-order valence-corrected chi connectivity index (χ4v) is 4.45. The predicted molar refractivity (Wildman–Crippen MR) is 112 cm³/mol. The van der Waals surface area contributed by atoms with Gasteiger partial charge in [0.2, 0.25) is 5.95 Å². The zero-order chi connectivity index (χ0) is 23.3. The summed E-state index contributed by atoms with van der Waals surface area (Å²) in [7, 11) is 1.74. The lowest BCUT2D eigenvalue weighted by Crippen LogP contribution is -2.55. The number of ether oxygens (including phenoxy) is 1. The maximum absolute atomic E-state index is 12.7. The van der Waals surface area contributed by atoms with Crippen molar-refractivity contribution in [1.29, 1.82) is 0 Å². The van der Waals surface area contributed by atoms with Crippen LogP contribution in [0, 0.1) is 0 Å². The summed E-state index contributed by atoms with van der Waals surface area (Å²) >= 11 is 0. The quantitative estimate of drug-likeness (QED) is 0.693. The molecule has 2 aliphatic heterocycles. The monoisotopic (exact) mass is 464 g/mol. The number of pyridine rings is 1. The summed E-state index contributed by atoms with van der Waals surface area (Å²) in [5, 5.41) is 13.0. The topological polar surface area (TPSA) is 104 Å². The Labute approximate surface area is 187 Å². The van der Waals surface area contributed by atoms with Crippen molar-refractivity contribution in [2.45, 2.75) is 50.0 Å². The average Bonchev–Trinajstić information content (AvgIpc) is 2.76. The van der Waals surface area contributed by atoms with Crippen LogP contribution in [-0.4, -0.2) is 64.4 Å². The number of amides is 1. The van der Waals surface area contributed by atoms with E-state index in [9.17, 15) is 23.1 Å². The SMILES string of the molecule is CN1c2nc(NC3CC(Oc4ccc(C(F)(F)F)nc4)C3)nc3c2N(CCC3)C(=O)[C@@H]1CO. The number of rotatable bonds is 5. The number of alkyl halides is 3. The molecule has 0 unspecified atom stereocenters. The molecular formula is C21H23F3N6O3. The van der Waals surface area contributed by atoms with E-state index in [2.05, 4.69) is 20.3 Å². The summed E-state index contributed by atoms with van der Waals surface area (Å²) in [5.74, 6) is 1.21. The molecule has 0 saturated heterocycles. The van der Waals surface area contributed by atoms with E-state index in [-0.39, 0.29) is 24.7 Å². The van der Waals surface area contributed by atoms with Gasteiger partial charge in [0.1, 0.15) is 29.3 Å². The minimum absolute atomic E-state index is 0.0477. The Bertz CT molecular complexity index is 1060. The number of nitrogens with zero attached hydrogens (tertiary/aromatic N) is 5. The van der Waals surface area contributed by atoms with Crippen molar-refractivity contribution in [3.05, 3.63) is 29.7 Å². The summed E-state index contributed by atoms with van der Waals surface area (Å²) in [4.78, 5) is 28.7. The molecule has 0 radical (unpaired) electrons. The minimum atomic E-state index is -4.48. The molecule has 5 rings (SSSR count). The molecule has 1 amide bonds. The van der Waals surface area contributed by atoms with Crippen LogP contribution >= 0.6 is 0 Å². The van der Waals surface area contributed by atoms with E-state index < -0.39 is 17.9 Å². The minimum Gasteiger partial charge on any atom is -0.489 e.